The van der Waals surface area contributed by atoms with Gasteiger partial charge in [0.1, 0.15) is 0 Å². The Morgan fingerprint density at radius 3 is 2.25 bits per heavy atom. The van der Waals surface area contributed by atoms with Crippen LogP contribution >= 0.6 is 0 Å². The Morgan fingerprint density at radius 2 is 1.57 bits per heavy atom. The van der Waals surface area contributed by atoms with Gasteiger partial charge in [0.05, 0.1) is 7.11 Å². The van der Waals surface area contributed by atoms with E-state index in [4.69, 9.17) is 4.84 Å². The topological polar surface area (TPSA) is 29.5 Å². The van der Waals surface area contributed by atoms with Crippen LogP contribution in [0.4, 0.5) is 0 Å². The summed E-state index contributed by atoms with van der Waals surface area (Å²) < 4.78 is 0. The van der Waals surface area contributed by atoms with Crippen molar-refractivity contribution < 1.29 is 9.63 Å². The van der Waals surface area contributed by atoms with Crippen molar-refractivity contribution in [2.45, 2.75) is 92.4 Å². The fraction of sp³-hybridized carbons (Fsp3) is 0.960. The number of amides is 1. The van der Waals surface area contributed by atoms with Gasteiger partial charge in [0.2, 0.25) is 5.91 Å². The quantitative estimate of drug-likeness (QED) is 0.515. The van der Waals surface area contributed by atoms with Gasteiger partial charge >= 0.3 is 0 Å². The molecule has 0 bridgehead atoms. The van der Waals surface area contributed by atoms with Crippen LogP contribution in [-0.2, 0) is 9.63 Å². The van der Waals surface area contributed by atoms with Gasteiger partial charge in [-0.1, -0.05) is 41.0 Å². The first kappa shape index (κ1) is 22.1. The highest BCUT2D eigenvalue weighted by Crippen LogP contribution is 2.67. The number of hydrogen-bond acceptors (Lipinski definition) is 2. The first-order chi connectivity index (χ1) is 13.3. The number of hydroxylamine groups is 2. The fourth-order valence-electron chi connectivity index (χ4n) is 8.19. The molecule has 4 fully saturated rings. The van der Waals surface area contributed by atoms with Gasteiger partial charge in [-0.25, -0.2) is 5.06 Å². The molecule has 4 aliphatic rings. The summed E-state index contributed by atoms with van der Waals surface area (Å²) in [5, 5.41) is 1.48. The van der Waals surface area contributed by atoms with Crippen LogP contribution in [0.25, 0.3) is 0 Å². The van der Waals surface area contributed by atoms with E-state index < -0.39 is 0 Å². The lowest BCUT2D eigenvalue weighted by Crippen LogP contribution is -2.54. The van der Waals surface area contributed by atoms with E-state index in [0.717, 1.165) is 36.0 Å². The highest BCUT2D eigenvalue weighted by molar-refractivity contribution is 5.79. The number of nitrogens with zero attached hydrogens (tertiary/aromatic N) is 1. The second-order valence-corrected chi connectivity index (χ2v) is 10.7. The van der Waals surface area contributed by atoms with E-state index >= 15 is 0 Å². The van der Waals surface area contributed by atoms with E-state index in [0.29, 0.717) is 5.41 Å². The molecule has 28 heavy (non-hydrogen) atoms. The Balaban J connectivity index is 0.00000109. The fourth-order valence-corrected chi connectivity index (χ4v) is 8.19. The number of fused-ring (bicyclic) bond motifs is 5. The van der Waals surface area contributed by atoms with Crippen LogP contribution in [0.1, 0.15) is 92.4 Å². The Kier molecular flexibility index (Phi) is 6.54. The monoisotopic (exact) mass is 391 g/mol. The third-order valence-electron chi connectivity index (χ3n) is 9.81. The van der Waals surface area contributed by atoms with Crippen molar-refractivity contribution in [1.82, 2.24) is 5.06 Å². The maximum absolute atomic E-state index is 12.9. The maximum Gasteiger partial charge on any atom is 0.249 e. The molecule has 3 heteroatoms. The molecule has 0 aromatic rings. The summed E-state index contributed by atoms with van der Waals surface area (Å²) in [6.45, 7) is 11.5. The predicted octanol–water partition coefficient (Wildman–Crippen LogP) is 6.33. The molecule has 0 spiro atoms. The molecule has 8 atom stereocenters. The highest BCUT2D eigenvalue weighted by atomic mass is 16.7. The molecule has 0 aliphatic heterocycles. The van der Waals surface area contributed by atoms with Gasteiger partial charge in [0, 0.05) is 13.0 Å². The molecule has 0 saturated heterocycles. The number of carbonyl (C=O) groups excluding carboxylic acids is 1. The summed E-state index contributed by atoms with van der Waals surface area (Å²) in [4.78, 5) is 18.2. The zero-order chi connectivity index (χ0) is 20.7. The van der Waals surface area contributed by atoms with Crippen LogP contribution in [0.2, 0.25) is 0 Å². The Hall–Kier alpha value is -0.570. The molecule has 0 N–H and O–H groups in total. The minimum absolute atomic E-state index is 0.162. The highest BCUT2D eigenvalue weighted by Gasteiger charge is 2.61. The van der Waals surface area contributed by atoms with Gasteiger partial charge in [-0.05, 0) is 91.8 Å². The zero-order valence-corrected chi connectivity index (χ0v) is 19.6. The van der Waals surface area contributed by atoms with Crippen LogP contribution in [0.15, 0.2) is 0 Å². The Bertz CT molecular complexity index is 563. The van der Waals surface area contributed by atoms with Crippen molar-refractivity contribution in [1.29, 1.82) is 0 Å². The molecule has 8 unspecified atom stereocenters. The second-order valence-electron chi connectivity index (χ2n) is 10.7. The summed E-state index contributed by atoms with van der Waals surface area (Å²) in [6.07, 6.45) is 12.1. The van der Waals surface area contributed by atoms with Gasteiger partial charge in [-0.15, -0.1) is 0 Å². The number of rotatable bonds is 2. The van der Waals surface area contributed by atoms with Crippen LogP contribution in [0, 0.1) is 46.3 Å². The molecule has 3 nitrogen and oxygen atoms in total. The van der Waals surface area contributed by atoms with Gasteiger partial charge in [0.15, 0.2) is 0 Å². The first-order valence-electron chi connectivity index (χ1n) is 12.1. The minimum Gasteiger partial charge on any atom is -0.275 e. The molecular formula is C25H45NO2. The van der Waals surface area contributed by atoms with E-state index in [1.165, 1.54) is 56.4 Å². The van der Waals surface area contributed by atoms with E-state index in [1.807, 2.05) is 13.8 Å². The third kappa shape index (κ3) is 3.34. The molecule has 4 rings (SSSR count). The van der Waals surface area contributed by atoms with Crippen molar-refractivity contribution in [2.75, 3.05) is 14.2 Å². The molecule has 0 radical (unpaired) electrons. The summed E-state index contributed by atoms with van der Waals surface area (Å²) in [5.41, 5.74) is 0.762. The molecule has 162 valence electrons. The lowest BCUT2D eigenvalue weighted by atomic mass is 9.44. The average molecular weight is 392 g/mol. The van der Waals surface area contributed by atoms with Crippen molar-refractivity contribution in [2.24, 2.45) is 46.3 Å². The predicted molar refractivity (Wildman–Crippen MR) is 116 cm³/mol. The molecule has 4 aliphatic carbocycles. The molecular weight excluding hydrogens is 346 g/mol. The molecule has 0 aromatic carbocycles. The zero-order valence-electron chi connectivity index (χ0n) is 19.6. The van der Waals surface area contributed by atoms with E-state index in [2.05, 4.69) is 20.8 Å². The minimum atomic E-state index is 0.162. The van der Waals surface area contributed by atoms with Crippen molar-refractivity contribution in [3.8, 4) is 0 Å². The summed E-state index contributed by atoms with van der Waals surface area (Å²) in [6, 6.07) is 0. The standard InChI is InChI=1S/C23H39NO2.C2H6/c1-15-10-12-22(2)16(14-15)6-7-17-18-8-9-20(21(25)24(4)26-5)23(18,3)13-11-19(17)22;1-2/h15-20H,6-14H2,1-5H3;1-2H3. The lowest BCUT2D eigenvalue weighted by Gasteiger charge is -2.61. The SMILES string of the molecule is CC.CON(C)C(=O)C1CCC2C3CCC4CC(C)CCC4(C)C3CCC12C. The van der Waals surface area contributed by atoms with Crippen molar-refractivity contribution in [3.05, 3.63) is 0 Å². The van der Waals surface area contributed by atoms with E-state index in [-0.39, 0.29) is 17.2 Å². The molecule has 0 aromatic heterocycles. The van der Waals surface area contributed by atoms with E-state index in [1.54, 1.807) is 14.2 Å². The van der Waals surface area contributed by atoms with Crippen LogP contribution < -0.4 is 0 Å². The van der Waals surface area contributed by atoms with Gasteiger partial charge in [-0.2, -0.15) is 0 Å². The van der Waals surface area contributed by atoms with Gasteiger partial charge in [-0.3, -0.25) is 9.63 Å². The van der Waals surface area contributed by atoms with Crippen LogP contribution in [0.5, 0.6) is 0 Å². The van der Waals surface area contributed by atoms with Crippen molar-refractivity contribution >= 4 is 5.91 Å². The smallest absolute Gasteiger partial charge is 0.249 e. The third-order valence-corrected chi connectivity index (χ3v) is 9.81. The van der Waals surface area contributed by atoms with E-state index in [9.17, 15) is 4.79 Å². The number of carbonyl (C=O) groups is 1. The van der Waals surface area contributed by atoms with Crippen LogP contribution in [-0.4, -0.2) is 25.1 Å². The average Bonchev–Trinajstić information content (AvgIpc) is 3.06. The molecule has 1 amide bonds. The van der Waals surface area contributed by atoms with Gasteiger partial charge < -0.3 is 0 Å². The van der Waals surface area contributed by atoms with Crippen molar-refractivity contribution in [3.63, 3.8) is 0 Å². The second kappa shape index (κ2) is 8.28. The maximum atomic E-state index is 12.9. The Morgan fingerprint density at radius 1 is 0.929 bits per heavy atom. The van der Waals surface area contributed by atoms with Crippen LogP contribution in [0.3, 0.4) is 0 Å². The molecule has 4 saturated carbocycles. The summed E-state index contributed by atoms with van der Waals surface area (Å²) in [7, 11) is 3.38. The van der Waals surface area contributed by atoms with Gasteiger partial charge in [0.25, 0.3) is 0 Å². The Labute approximate surface area is 173 Å². The normalized spacial score (nSPS) is 47.1. The summed E-state index contributed by atoms with van der Waals surface area (Å²) >= 11 is 0. The largest absolute Gasteiger partial charge is 0.275 e. The number of hydrogen-bond donors (Lipinski definition) is 0. The first-order valence-corrected chi connectivity index (χ1v) is 12.1. The lowest BCUT2D eigenvalue weighted by molar-refractivity contribution is -0.181. The molecule has 0 heterocycles. The summed E-state index contributed by atoms with van der Waals surface area (Å²) in [5.74, 6) is 4.76.